The fraction of sp³-hybridized carbons (Fsp3) is 0.500. The van der Waals surface area contributed by atoms with Gasteiger partial charge in [0.25, 0.3) is 0 Å². The van der Waals surface area contributed by atoms with Gasteiger partial charge in [-0.2, -0.15) is 0 Å². The molecular weight excluding hydrogens is 336 g/mol. The molecule has 1 heterocycles. The molecule has 1 saturated heterocycles. The Morgan fingerprint density at radius 1 is 1.42 bits per heavy atom. The van der Waals surface area contributed by atoms with Gasteiger partial charge in [-0.05, 0) is 45.3 Å². The van der Waals surface area contributed by atoms with E-state index in [1.807, 2.05) is 13.0 Å². The van der Waals surface area contributed by atoms with E-state index in [1.54, 1.807) is 19.9 Å². The van der Waals surface area contributed by atoms with Gasteiger partial charge in [-0.15, -0.1) is 0 Å². The molecule has 0 aromatic carbocycles. The monoisotopic (exact) mass is 362 g/mol. The predicted octanol–water partition coefficient (Wildman–Crippen LogP) is 3.51. The van der Waals surface area contributed by atoms with E-state index < -0.39 is 36.2 Å². The molecule has 6 heteroatoms. The first-order valence-corrected chi connectivity index (χ1v) is 8.67. The van der Waals surface area contributed by atoms with E-state index in [0.717, 1.165) is 5.57 Å². The van der Waals surface area contributed by atoms with Crippen LogP contribution in [0.15, 0.2) is 47.6 Å². The van der Waals surface area contributed by atoms with E-state index in [9.17, 15) is 14.8 Å². The maximum absolute atomic E-state index is 12.3. The molecule has 0 amide bonds. The van der Waals surface area contributed by atoms with Crippen LogP contribution in [0.4, 0.5) is 0 Å². The summed E-state index contributed by atoms with van der Waals surface area (Å²) in [7, 11) is 0. The van der Waals surface area contributed by atoms with Gasteiger partial charge in [0, 0.05) is 17.6 Å². The Bertz CT molecular complexity index is 672. The van der Waals surface area contributed by atoms with Crippen LogP contribution in [0, 0.1) is 5.92 Å². The molecule has 0 radical (unpaired) electrons. The van der Waals surface area contributed by atoms with Gasteiger partial charge in [-0.25, -0.2) is 14.5 Å². The van der Waals surface area contributed by atoms with Crippen molar-refractivity contribution >= 4 is 11.9 Å². The zero-order valence-electron chi connectivity index (χ0n) is 15.5. The van der Waals surface area contributed by atoms with Gasteiger partial charge in [0.1, 0.15) is 18.3 Å². The van der Waals surface area contributed by atoms with Crippen LogP contribution in [0.1, 0.15) is 40.0 Å². The van der Waals surface area contributed by atoms with Crippen molar-refractivity contribution in [3.05, 3.63) is 47.6 Å². The van der Waals surface area contributed by atoms with Crippen LogP contribution in [-0.4, -0.2) is 35.5 Å². The first kappa shape index (κ1) is 20.1. The van der Waals surface area contributed by atoms with E-state index in [0.29, 0.717) is 24.0 Å². The maximum Gasteiger partial charge on any atom is 0.334 e. The van der Waals surface area contributed by atoms with Gasteiger partial charge in [-0.3, -0.25) is 5.26 Å². The quantitative estimate of drug-likeness (QED) is 0.272. The minimum Gasteiger partial charge on any atom is -0.458 e. The molecule has 1 N–H and O–H groups in total. The van der Waals surface area contributed by atoms with Gasteiger partial charge < -0.3 is 9.47 Å². The summed E-state index contributed by atoms with van der Waals surface area (Å²) < 4.78 is 11.1. The summed E-state index contributed by atoms with van der Waals surface area (Å²) in [5.41, 5.74) is 2.30. The Balaban J connectivity index is 2.42. The van der Waals surface area contributed by atoms with E-state index >= 15 is 0 Å². The fourth-order valence-electron chi connectivity index (χ4n) is 3.21. The van der Waals surface area contributed by atoms with Crippen LogP contribution < -0.4 is 0 Å². The first-order valence-electron chi connectivity index (χ1n) is 8.67. The van der Waals surface area contributed by atoms with E-state index in [1.165, 1.54) is 0 Å². The number of carbonyl (C=O) groups excluding carboxylic acids is 2. The average Bonchev–Trinajstić information content (AvgIpc) is 2.87. The van der Waals surface area contributed by atoms with Crippen LogP contribution >= 0.6 is 0 Å². The van der Waals surface area contributed by atoms with Crippen molar-refractivity contribution < 1.29 is 29.2 Å². The summed E-state index contributed by atoms with van der Waals surface area (Å²) in [6, 6.07) is 0. The summed E-state index contributed by atoms with van der Waals surface area (Å²) in [5, 5.41) is 9.21. The minimum absolute atomic E-state index is 0.234. The minimum atomic E-state index is -0.700. The van der Waals surface area contributed by atoms with E-state index in [2.05, 4.69) is 18.0 Å². The smallest absolute Gasteiger partial charge is 0.334 e. The highest BCUT2D eigenvalue weighted by Gasteiger charge is 2.45. The molecule has 0 unspecified atom stereocenters. The molecule has 2 rings (SSSR count). The van der Waals surface area contributed by atoms with Crippen LogP contribution in [0.3, 0.4) is 0 Å². The second kappa shape index (κ2) is 8.47. The third-order valence-electron chi connectivity index (χ3n) is 4.97. The largest absolute Gasteiger partial charge is 0.458 e. The molecule has 6 nitrogen and oxygen atoms in total. The van der Waals surface area contributed by atoms with Gasteiger partial charge >= 0.3 is 11.9 Å². The molecule has 0 saturated carbocycles. The molecule has 26 heavy (non-hydrogen) atoms. The van der Waals surface area contributed by atoms with Crippen molar-refractivity contribution in [3.8, 4) is 0 Å². The van der Waals surface area contributed by atoms with Gasteiger partial charge in [-0.1, -0.05) is 24.8 Å². The molecule has 142 valence electrons. The van der Waals surface area contributed by atoms with E-state index in [4.69, 9.17) is 9.47 Å². The normalized spacial score (nSPS) is 32.4. The molecule has 0 aromatic rings. The molecule has 0 aromatic heterocycles. The number of ether oxygens (including phenoxy) is 2. The summed E-state index contributed by atoms with van der Waals surface area (Å²) in [6.45, 7) is 13.1. The Labute approximate surface area is 153 Å². The van der Waals surface area contributed by atoms with Crippen molar-refractivity contribution in [3.63, 3.8) is 0 Å². The zero-order chi connectivity index (χ0) is 19.4. The zero-order valence-corrected chi connectivity index (χ0v) is 15.5. The lowest BCUT2D eigenvalue weighted by molar-refractivity contribution is -0.270. The number of carbonyl (C=O) groups is 2. The molecule has 0 bridgehead atoms. The topological polar surface area (TPSA) is 82.1 Å². The summed E-state index contributed by atoms with van der Waals surface area (Å²) in [4.78, 5) is 29.0. The van der Waals surface area contributed by atoms with E-state index in [-0.39, 0.29) is 12.0 Å². The van der Waals surface area contributed by atoms with Crippen molar-refractivity contribution in [2.24, 2.45) is 5.92 Å². The number of hydrogen-bond acceptors (Lipinski definition) is 6. The van der Waals surface area contributed by atoms with Gasteiger partial charge in [0.2, 0.25) is 0 Å². The van der Waals surface area contributed by atoms with Crippen molar-refractivity contribution in [1.29, 1.82) is 0 Å². The van der Waals surface area contributed by atoms with Crippen molar-refractivity contribution in [2.45, 2.75) is 58.3 Å². The Morgan fingerprint density at radius 2 is 2.12 bits per heavy atom. The fourth-order valence-corrected chi connectivity index (χ4v) is 3.21. The Hall–Kier alpha value is -2.18. The molecule has 1 fully saturated rings. The third kappa shape index (κ3) is 4.31. The van der Waals surface area contributed by atoms with Crippen LogP contribution in [0.2, 0.25) is 0 Å². The van der Waals surface area contributed by atoms with Crippen molar-refractivity contribution in [2.75, 3.05) is 0 Å². The third-order valence-corrected chi connectivity index (χ3v) is 4.97. The van der Waals surface area contributed by atoms with Crippen LogP contribution in [0.5, 0.6) is 0 Å². The maximum atomic E-state index is 12.3. The Morgan fingerprint density at radius 3 is 2.73 bits per heavy atom. The molecule has 1 aliphatic carbocycles. The summed E-state index contributed by atoms with van der Waals surface area (Å²) >= 11 is 0. The van der Waals surface area contributed by atoms with Gasteiger partial charge in [0.15, 0.2) is 0 Å². The molecule has 2 aliphatic rings. The second-order valence-electron chi connectivity index (χ2n) is 6.84. The average molecular weight is 362 g/mol. The number of allylic oxidation sites excluding steroid dienone is 2. The lowest BCUT2D eigenvalue weighted by Crippen LogP contribution is -2.35. The number of rotatable bonds is 3. The summed E-state index contributed by atoms with van der Waals surface area (Å²) in [6.07, 6.45) is 3.10. The lowest BCUT2D eigenvalue weighted by Gasteiger charge is -2.29. The highest BCUT2D eigenvalue weighted by Crippen LogP contribution is 2.37. The molecular formula is C20H26O6. The SMILES string of the molecule is C=C1C(=O)O[C@@H]2/C=C(\C)CC[C@@H](OO)C(=C)C[C@H](OC(=O)/C(C)=C\C)[C@@H]12. The van der Waals surface area contributed by atoms with Gasteiger partial charge in [0.05, 0.1) is 5.92 Å². The number of fused-ring (bicyclic) bond motifs is 1. The Kier molecular flexibility index (Phi) is 6.56. The summed E-state index contributed by atoms with van der Waals surface area (Å²) in [5.74, 6) is -1.48. The van der Waals surface area contributed by atoms with Crippen LogP contribution in [-0.2, 0) is 24.0 Å². The van der Waals surface area contributed by atoms with Crippen LogP contribution in [0.25, 0.3) is 0 Å². The first-order chi connectivity index (χ1) is 12.3. The highest BCUT2D eigenvalue weighted by molar-refractivity contribution is 5.92. The molecule has 0 spiro atoms. The number of hydrogen-bond donors (Lipinski definition) is 1. The standard InChI is InChI=1S/C20H26O6/c1-6-12(3)19(21)24-17-10-13(4)15(26-23)8-7-11(2)9-16-18(17)14(5)20(22)25-16/h6,9,15-18,23H,4-5,7-8,10H2,1-3H3/b11-9+,12-6-/t15-,16-,17+,18+/m1/s1. The molecule has 4 atom stereocenters. The molecule has 1 aliphatic heterocycles. The predicted molar refractivity (Wildman–Crippen MR) is 96.1 cm³/mol. The number of esters is 2. The highest BCUT2D eigenvalue weighted by atomic mass is 17.1. The lowest BCUT2D eigenvalue weighted by atomic mass is 9.84. The van der Waals surface area contributed by atoms with Crippen molar-refractivity contribution in [1.82, 2.24) is 0 Å². The second-order valence-corrected chi connectivity index (χ2v) is 6.84.